The van der Waals surface area contributed by atoms with Gasteiger partial charge < -0.3 is 9.29 Å². The van der Waals surface area contributed by atoms with Crippen LogP contribution in [0, 0.1) is 10.1 Å². The van der Waals surface area contributed by atoms with E-state index in [1.54, 1.807) is 0 Å². The van der Waals surface area contributed by atoms with E-state index in [-0.39, 0.29) is 16.9 Å². The molecule has 8 heteroatoms. The molecule has 1 rings (SSSR count). The number of nitro benzene ring substituents is 1. The van der Waals surface area contributed by atoms with Gasteiger partial charge in [-0.2, -0.15) is 0 Å². The van der Waals surface area contributed by atoms with Crippen molar-refractivity contribution >= 4 is 22.7 Å². The Morgan fingerprint density at radius 2 is 2.18 bits per heavy atom. The number of methoxy groups -OCH3 is 1. The summed E-state index contributed by atoms with van der Waals surface area (Å²) in [5, 5.41) is 10.7. The minimum atomic E-state index is -2.35. The molecule has 0 amide bonds. The lowest BCUT2D eigenvalue weighted by Gasteiger charge is -2.06. The second-order valence-corrected chi connectivity index (χ2v) is 3.94. The quantitative estimate of drug-likeness (QED) is 0.341. The maximum Gasteiger partial charge on any atom is 0.344 e. The van der Waals surface area contributed by atoms with Crippen molar-refractivity contribution in [2.45, 2.75) is 5.75 Å². The van der Waals surface area contributed by atoms with Gasteiger partial charge >= 0.3 is 5.97 Å². The Kier molecular flexibility index (Phi) is 4.30. The van der Waals surface area contributed by atoms with Gasteiger partial charge in [0.15, 0.2) is 0 Å². The number of hydrogen-bond donors (Lipinski definition) is 0. The van der Waals surface area contributed by atoms with E-state index >= 15 is 0 Å². The molecule has 7 nitrogen and oxygen atoms in total. The fraction of sp³-hybridized carbons (Fsp3) is 0.222. The van der Waals surface area contributed by atoms with Gasteiger partial charge in [-0.1, -0.05) is 17.1 Å². The molecular formula is C9H8NO6S-. The standard InChI is InChI=1S/C9H9NO6S/c1-16-9(11)7-3-2-6(5-17(14)15)4-8(7)10(12)13/h2-4H,5H2,1H3,(H,14,15)/p-1. The summed E-state index contributed by atoms with van der Waals surface area (Å²) in [4.78, 5) is 21.2. The monoisotopic (exact) mass is 258 g/mol. The van der Waals surface area contributed by atoms with Crippen LogP contribution in [-0.2, 0) is 21.6 Å². The van der Waals surface area contributed by atoms with Crippen LogP contribution in [0.15, 0.2) is 18.2 Å². The van der Waals surface area contributed by atoms with Crippen LogP contribution in [0.2, 0.25) is 0 Å². The number of esters is 1. The van der Waals surface area contributed by atoms with Crippen LogP contribution in [0.5, 0.6) is 0 Å². The number of nitro groups is 1. The third-order valence-corrected chi connectivity index (χ3v) is 2.52. The highest BCUT2D eigenvalue weighted by Gasteiger charge is 2.21. The van der Waals surface area contributed by atoms with Crippen molar-refractivity contribution < 1.29 is 23.2 Å². The third-order valence-electron chi connectivity index (χ3n) is 1.95. The number of rotatable bonds is 4. The number of hydrogen-bond acceptors (Lipinski definition) is 6. The van der Waals surface area contributed by atoms with Crippen molar-refractivity contribution in [1.29, 1.82) is 0 Å². The van der Waals surface area contributed by atoms with Crippen LogP contribution in [0.1, 0.15) is 15.9 Å². The second kappa shape index (κ2) is 5.51. The van der Waals surface area contributed by atoms with E-state index in [1.807, 2.05) is 0 Å². The molecule has 1 aromatic rings. The highest BCUT2D eigenvalue weighted by atomic mass is 32.2. The summed E-state index contributed by atoms with van der Waals surface area (Å²) >= 11 is -2.35. The first kappa shape index (κ1) is 13.3. The first-order chi connectivity index (χ1) is 7.95. The Bertz CT molecular complexity index is 486. The van der Waals surface area contributed by atoms with Crippen molar-refractivity contribution in [1.82, 2.24) is 0 Å². The molecule has 0 heterocycles. The van der Waals surface area contributed by atoms with E-state index in [9.17, 15) is 23.7 Å². The molecule has 92 valence electrons. The van der Waals surface area contributed by atoms with E-state index in [4.69, 9.17) is 0 Å². The number of nitrogens with zero attached hydrogens (tertiary/aromatic N) is 1. The molecule has 1 atom stereocenters. The first-order valence-electron chi connectivity index (χ1n) is 4.37. The molecule has 0 aliphatic heterocycles. The van der Waals surface area contributed by atoms with Crippen LogP contribution in [0.25, 0.3) is 0 Å². The lowest BCUT2D eigenvalue weighted by molar-refractivity contribution is -0.385. The number of carbonyl (C=O) groups excluding carboxylic acids is 1. The van der Waals surface area contributed by atoms with Crippen LogP contribution in [-0.4, -0.2) is 26.8 Å². The van der Waals surface area contributed by atoms with Crippen molar-refractivity contribution in [3.05, 3.63) is 39.4 Å². The summed E-state index contributed by atoms with van der Waals surface area (Å²) < 4.78 is 25.3. The molecular weight excluding hydrogens is 250 g/mol. The topological polar surface area (TPSA) is 110 Å². The summed E-state index contributed by atoms with van der Waals surface area (Å²) in [6.07, 6.45) is 0. The highest BCUT2D eigenvalue weighted by Crippen LogP contribution is 2.21. The van der Waals surface area contributed by atoms with Crippen LogP contribution in [0.3, 0.4) is 0 Å². The molecule has 0 fully saturated rings. The predicted octanol–water partition coefficient (Wildman–Crippen LogP) is 0.760. The van der Waals surface area contributed by atoms with Gasteiger partial charge in [0, 0.05) is 11.8 Å². The van der Waals surface area contributed by atoms with E-state index < -0.39 is 27.7 Å². The van der Waals surface area contributed by atoms with Gasteiger partial charge in [0.1, 0.15) is 5.56 Å². The van der Waals surface area contributed by atoms with Crippen LogP contribution < -0.4 is 0 Å². The molecule has 0 aliphatic rings. The Labute approximate surface area is 98.8 Å². The summed E-state index contributed by atoms with van der Waals surface area (Å²) in [6.45, 7) is 0. The maximum absolute atomic E-state index is 11.2. The average Bonchev–Trinajstić information content (AvgIpc) is 2.27. The summed E-state index contributed by atoms with van der Waals surface area (Å²) in [5.41, 5.74) is -0.449. The van der Waals surface area contributed by atoms with Crippen molar-refractivity contribution in [3.63, 3.8) is 0 Å². The van der Waals surface area contributed by atoms with Gasteiger partial charge in [-0.3, -0.25) is 14.3 Å². The molecule has 1 unspecified atom stereocenters. The second-order valence-electron chi connectivity index (χ2n) is 3.05. The van der Waals surface area contributed by atoms with E-state index in [1.165, 1.54) is 12.1 Å². The van der Waals surface area contributed by atoms with Gasteiger partial charge in [0.2, 0.25) is 0 Å². The molecule has 0 saturated carbocycles. The number of carbonyl (C=O) groups is 1. The Morgan fingerprint density at radius 3 is 2.65 bits per heavy atom. The zero-order valence-electron chi connectivity index (χ0n) is 8.74. The zero-order chi connectivity index (χ0) is 13.0. The van der Waals surface area contributed by atoms with Crippen molar-refractivity contribution in [2.75, 3.05) is 7.11 Å². The molecule has 0 bridgehead atoms. The number of ether oxygens (including phenoxy) is 1. The van der Waals surface area contributed by atoms with Gasteiger partial charge in [0.25, 0.3) is 5.69 Å². The summed E-state index contributed by atoms with van der Waals surface area (Å²) in [5.74, 6) is -1.19. The smallest absolute Gasteiger partial charge is 0.344 e. The molecule has 0 radical (unpaired) electrons. The molecule has 1 aromatic carbocycles. The van der Waals surface area contributed by atoms with Gasteiger partial charge in [-0.25, -0.2) is 4.79 Å². The van der Waals surface area contributed by atoms with Gasteiger partial charge in [0.05, 0.1) is 12.0 Å². The highest BCUT2D eigenvalue weighted by molar-refractivity contribution is 7.78. The first-order valence-corrected chi connectivity index (χ1v) is 5.61. The molecule has 0 aliphatic carbocycles. The normalized spacial score (nSPS) is 11.9. The Hall–Kier alpha value is -1.80. The SMILES string of the molecule is COC(=O)c1ccc(CS(=O)[O-])cc1[N+](=O)[O-]. The third kappa shape index (κ3) is 3.33. The summed E-state index contributed by atoms with van der Waals surface area (Å²) in [7, 11) is 1.10. The summed E-state index contributed by atoms with van der Waals surface area (Å²) in [6, 6.07) is 3.54. The van der Waals surface area contributed by atoms with Gasteiger partial charge in [-0.05, 0) is 11.6 Å². The van der Waals surface area contributed by atoms with E-state index in [0.717, 1.165) is 13.2 Å². The molecule has 0 saturated heterocycles. The average molecular weight is 258 g/mol. The minimum Gasteiger partial charge on any atom is -0.772 e. The molecule has 0 aromatic heterocycles. The molecule has 17 heavy (non-hydrogen) atoms. The lowest BCUT2D eigenvalue weighted by Crippen LogP contribution is -2.06. The number of benzene rings is 1. The fourth-order valence-electron chi connectivity index (χ4n) is 1.24. The fourth-order valence-corrected chi connectivity index (χ4v) is 1.69. The van der Waals surface area contributed by atoms with Crippen LogP contribution in [0.4, 0.5) is 5.69 Å². The van der Waals surface area contributed by atoms with Crippen molar-refractivity contribution in [2.24, 2.45) is 0 Å². The molecule has 0 spiro atoms. The van der Waals surface area contributed by atoms with Crippen molar-refractivity contribution in [3.8, 4) is 0 Å². The zero-order valence-corrected chi connectivity index (χ0v) is 9.56. The Balaban J connectivity index is 3.22. The largest absolute Gasteiger partial charge is 0.772 e. The van der Waals surface area contributed by atoms with E-state index in [2.05, 4.69) is 4.74 Å². The van der Waals surface area contributed by atoms with E-state index in [0.29, 0.717) is 0 Å². The van der Waals surface area contributed by atoms with Crippen LogP contribution >= 0.6 is 0 Å². The lowest BCUT2D eigenvalue weighted by atomic mass is 10.1. The maximum atomic E-state index is 11.2. The Morgan fingerprint density at radius 1 is 1.53 bits per heavy atom. The molecule has 0 N–H and O–H groups in total. The van der Waals surface area contributed by atoms with Gasteiger partial charge in [-0.15, -0.1) is 0 Å². The minimum absolute atomic E-state index is 0.210. The predicted molar refractivity (Wildman–Crippen MR) is 57.1 cm³/mol.